The van der Waals surface area contributed by atoms with Gasteiger partial charge in [-0.15, -0.1) is 0 Å². The van der Waals surface area contributed by atoms with E-state index in [0.717, 1.165) is 0 Å². The first-order valence-electron chi connectivity index (χ1n) is 1.44. The van der Waals surface area contributed by atoms with Crippen LogP contribution in [0.15, 0.2) is 11.9 Å². The van der Waals surface area contributed by atoms with Gasteiger partial charge in [0.2, 0.25) is 0 Å². The highest BCUT2D eigenvalue weighted by Gasteiger charge is 2.00. The van der Waals surface area contributed by atoms with E-state index in [9.17, 15) is 17.6 Å². The van der Waals surface area contributed by atoms with Gasteiger partial charge in [0.15, 0.2) is 5.83 Å². The van der Waals surface area contributed by atoms with E-state index < -0.39 is 18.6 Å². The number of rotatable bonds is 1. The summed E-state index contributed by atoms with van der Waals surface area (Å²) in [5, 5.41) is 0. The normalized spacial score (nSPS) is 8.57. The first-order valence-corrected chi connectivity index (χ1v) is 1.44. The van der Waals surface area contributed by atoms with Gasteiger partial charge in [-0.3, -0.25) is 0 Å². The van der Waals surface area contributed by atoms with Crippen LogP contribution in [-0.4, -0.2) is 6.67 Å². The first-order chi connectivity index (χ1) is 3.18. The number of allylic oxidation sites excluding steroid dienone is 1. The van der Waals surface area contributed by atoms with E-state index in [0.29, 0.717) is 0 Å². The lowest BCUT2D eigenvalue weighted by Crippen LogP contribution is -1.74. The highest BCUT2D eigenvalue weighted by Crippen LogP contribution is 2.07. The summed E-state index contributed by atoms with van der Waals surface area (Å²) in [5.41, 5.74) is 0. The van der Waals surface area contributed by atoms with E-state index in [-0.39, 0.29) is 0 Å². The topological polar surface area (TPSA) is 0 Å². The smallest absolute Gasteiger partial charge is 0.243 e. The molecule has 0 spiro atoms. The zero-order valence-corrected chi connectivity index (χ0v) is 3.22. The van der Waals surface area contributed by atoms with Crippen molar-refractivity contribution in [3.05, 3.63) is 11.9 Å². The molecule has 0 bridgehead atoms. The fourth-order valence-electron chi connectivity index (χ4n) is 0.0505. The summed E-state index contributed by atoms with van der Waals surface area (Å²) in [6.45, 7) is -1.72. The van der Waals surface area contributed by atoms with Gasteiger partial charge in [-0.05, 0) is 0 Å². The molecule has 0 rings (SSSR count). The van der Waals surface area contributed by atoms with Crippen molar-refractivity contribution in [3.8, 4) is 0 Å². The Morgan fingerprint density at radius 3 is 1.57 bits per heavy atom. The molecule has 0 amide bonds. The van der Waals surface area contributed by atoms with Crippen LogP contribution >= 0.6 is 0 Å². The Morgan fingerprint density at radius 2 is 1.57 bits per heavy atom. The lowest BCUT2D eigenvalue weighted by atomic mass is 10.6. The van der Waals surface area contributed by atoms with Crippen molar-refractivity contribution in [2.24, 2.45) is 0 Å². The summed E-state index contributed by atoms with van der Waals surface area (Å²) in [6.07, 6.45) is -2.58. The minimum Gasteiger partial charge on any atom is -0.243 e. The van der Waals surface area contributed by atoms with Gasteiger partial charge in [-0.25, -0.2) is 8.78 Å². The molecule has 42 valence electrons. The van der Waals surface area contributed by atoms with Crippen molar-refractivity contribution in [1.29, 1.82) is 0 Å². The molecule has 0 nitrogen and oxygen atoms in total. The molecular formula is C3H2F4. The quantitative estimate of drug-likeness (QED) is 0.457. The Balaban J connectivity index is 3.72. The molecule has 0 aromatic carbocycles. The van der Waals surface area contributed by atoms with Crippen LogP contribution < -0.4 is 0 Å². The van der Waals surface area contributed by atoms with Crippen LogP contribution in [0.1, 0.15) is 0 Å². The number of hydrogen-bond acceptors (Lipinski definition) is 0. The molecule has 0 aromatic heterocycles. The fourth-order valence-corrected chi connectivity index (χ4v) is 0.0505. The van der Waals surface area contributed by atoms with Gasteiger partial charge in [0.05, 0.1) is 0 Å². The molecule has 0 unspecified atom stereocenters. The Kier molecular flexibility index (Phi) is 2.40. The van der Waals surface area contributed by atoms with Gasteiger partial charge >= 0.3 is 6.08 Å². The van der Waals surface area contributed by atoms with E-state index in [1.807, 2.05) is 0 Å². The predicted molar refractivity (Wildman–Crippen MR) is 16.3 cm³/mol. The summed E-state index contributed by atoms with van der Waals surface area (Å²) < 4.78 is 43.1. The summed E-state index contributed by atoms with van der Waals surface area (Å²) in [6, 6.07) is 0. The van der Waals surface area contributed by atoms with Gasteiger partial charge in [-0.2, -0.15) is 8.78 Å². The van der Waals surface area contributed by atoms with E-state index in [1.165, 1.54) is 0 Å². The van der Waals surface area contributed by atoms with Crippen LogP contribution in [0.3, 0.4) is 0 Å². The van der Waals surface area contributed by atoms with Crippen LogP contribution in [0.2, 0.25) is 0 Å². The number of hydrogen-bond donors (Lipinski definition) is 0. The summed E-state index contributed by atoms with van der Waals surface area (Å²) in [4.78, 5) is 0. The standard InChI is InChI=1S/C3H2F4/c4-1-2(5)3(6)7/h1H2. The van der Waals surface area contributed by atoms with Gasteiger partial charge < -0.3 is 0 Å². The van der Waals surface area contributed by atoms with Gasteiger partial charge in [0, 0.05) is 0 Å². The molecule has 0 aliphatic rings. The molecule has 7 heavy (non-hydrogen) atoms. The third-order valence-corrected chi connectivity index (χ3v) is 0.322. The van der Waals surface area contributed by atoms with Crippen LogP contribution in [0.5, 0.6) is 0 Å². The monoisotopic (exact) mass is 114 g/mol. The maximum atomic E-state index is 11.0. The average molecular weight is 114 g/mol. The lowest BCUT2D eigenvalue weighted by molar-refractivity contribution is 0.348. The van der Waals surface area contributed by atoms with Gasteiger partial charge in [0.25, 0.3) is 0 Å². The molecule has 0 saturated heterocycles. The molecule has 4 heteroatoms. The summed E-state index contributed by atoms with van der Waals surface area (Å²) in [5.74, 6) is -1.99. The molecule has 0 N–H and O–H groups in total. The molecule has 0 radical (unpaired) electrons. The van der Waals surface area contributed by atoms with Gasteiger partial charge in [-0.1, -0.05) is 0 Å². The van der Waals surface area contributed by atoms with Crippen molar-refractivity contribution in [1.82, 2.24) is 0 Å². The molecule has 0 aromatic rings. The third-order valence-electron chi connectivity index (χ3n) is 0.322. The number of alkyl halides is 1. The van der Waals surface area contributed by atoms with Crippen LogP contribution in [0.25, 0.3) is 0 Å². The zero-order valence-electron chi connectivity index (χ0n) is 3.22. The second-order valence-corrected chi connectivity index (χ2v) is 0.799. The second-order valence-electron chi connectivity index (χ2n) is 0.799. The van der Waals surface area contributed by atoms with Gasteiger partial charge in [0.1, 0.15) is 6.67 Å². The first kappa shape index (κ1) is 6.46. The highest BCUT2D eigenvalue weighted by atomic mass is 19.3. The Labute approximate surface area is 37.4 Å². The minimum absolute atomic E-state index is 1.72. The zero-order chi connectivity index (χ0) is 5.86. The lowest BCUT2D eigenvalue weighted by Gasteiger charge is -1.79. The average Bonchev–Trinajstić information content (AvgIpc) is 1.65. The molecule has 0 heterocycles. The number of halogens is 4. The largest absolute Gasteiger partial charge is 0.304 e. The summed E-state index contributed by atoms with van der Waals surface area (Å²) in [7, 11) is 0. The summed E-state index contributed by atoms with van der Waals surface area (Å²) >= 11 is 0. The van der Waals surface area contributed by atoms with E-state index in [1.54, 1.807) is 0 Å². The Morgan fingerprint density at radius 1 is 1.14 bits per heavy atom. The molecular weight excluding hydrogens is 112 g/mol. The van der Waals surface area contributed by atoms with Crippen LogP contribution in [0, 0.1) is 0 Å². The molecule has 0 atom stereocenters. The third kappa shape index (κ3) is 2.19. The minimum atomic E-state index is -2.58. The van der Waals surface area contributed by atoms with Crippen LogP contribution in [-0.2, 0) is 0 Å². The second kappa shape index (κ2) is 2.60. The molecule has 0 fully saturated rings. The van der Waals surface area contributed by atoms with E-state index >= 15 is 0 Å². The fraction of sp³-hybridized carbons (Fsp3) is 0.333. The predicted octanol–water partition coefficient (Wildman–Crippen LogP) is 2.03. The van der Waals surface area contributed by atoms with Crippen molar-refractivity contribution in [3.63, 3.8) is 0 Å². The molecule has 0 saturated carbocycles. The Hall–Kier alpha value is -0.540. The van der Waals surface area contributed by atoms with Crippen molar-refractivity contribution < 1.29 is 17.6 Å². The van der Waals surface area contributed by atoms with E-state index in [2.05, 4.69) is 0 Å². The Bertz CT molecular complexity index is 80.9. The van der Waals surface area contributed by atoms with Crippen LogP contribution in [0.4, 0.5) is 17.6 Å². The van der Waals surface area contributed by atoms with Crippen molar-refractivity contribution >= 4 is 0 Å². The maximum Gasteiger partial charge on any atom is 0.304 e. The van der Waals surface area contributed by atoms with Crippen molar-refractivity contribution in [2.75, 3.05) is 6.67 Å². The SMILES string of the molecule is FCC(F)=C(F)F. The highest BCUT2D eigenvalue weighted by molar-refractivity contribution is 4.90. The molecule has 0 aliphatic carbocycles. The molecule has 0 aliphatic heterocycles. The van der Waals surface area contributed by atoms with E-state index in [4.69, 9.17) is 0 Å². The maximum absolute atomic E-state index is 11.0. The van der Waals surface area contributed by atoms with Crippen molar-refractivity contribution in [2.45, 2.75) is 0 Å².